The molecule has 0 atom stereocenters. The normalized spacial score (nSPS) is 17.8. The fraction of sp³-hybridized carbons (Fsp3) is 0.356. The Bertz CT molecular complexity index is 2540. The molecule has 1 amide bonds. The number of sulfonamides is 1. The zero-order valence-corrected chi connectivity index (χ0v) is 35.4. The largest absolute Gasteiger partial charge is 0.456 e. The molecule has 13 nitrogen and oxygen atoms in total. The van der Waals surface area contributed by atoms with E-state index in [1.54, 1.807) is 24.3 Å². The summed E-state index contributed by atoms with van der Waals surface area (Å²) in [6, 6.07) is 24.3. The third-order valence-electron chi connectivity index (χ3n) is 11.8. The highest BCUT2D eigenvalue weighted by Crippen LogP contribution is 2.43. The summed E-state index contributed by atoms with van der Waals surface area (Å²) in [5, 5.41) is 15.6. The third kappa shape index (κ3) is 9.47. The SMILES string of the molecule is CC1(C)CCC(CN2CCN(c3ccc(C(=O)NS(=O)(=O)c4ccc(NN5CCCCC5)c([N+](=O)[O-])c4)c(Oc4ccc5[nH]ccc5c4)c3)CC2)=C(c2ccc(Cl)cc2)C1. The molecule has 3 aliphatic rings. The number of fused-ring (bicyclic) bond motifs is 1. The van der Waals surface area contributed by atoms with Crippen LogP contribution in [0, 0.1) is 15.5 Å². The lowest BCUT2D eigenvalue weighted by molar-refractivity contribution is -0.384. The molecule has 15 heteroatoms. The van der Waals surface area contributed by atoms with Crippen molar-refractivity contribution >= 4 is 61.1 Å². The maximum Gasteiger partial charge on any atom is 0.295 e. The van der Waals surface area contributed by atoms with Crippen LogP contribution in [0.15, 0.2) is 102 Å². The Morgan fingerprint density at radius 3 is 2.43 bits per heavy atom. The lowest BCUT2D eigenvalue weighted by atomic mass is 9.72. The number of benzene rings is 4. The maximum absolute atomic E-state index is 13.9. The van der Waals surface area contributed by atoms with E-state index < -0.39 is 31.4 Å². The number of nitrogens with one attached hydrogen (secondary N) is 3. The van der Waals surface area contributed by atoms with Gasteiger partial charge in [-0.15, -0.1) is 0 Å². The van der Waals surface area contributed by atoms with Gasteiger partial charge in [0.25, 0.3) is 21.6 Å². The lowest BCUT2D eigenvalue weighted by Crippen LogP contribution is -2.47. The number of halogens is 1. The van der Waals surface area contributed by atoms with Crippen molar-refractivity contribution in [3.05, 3.63) is 123 Å². The van der Waals surface area contributed by atoms with Gasteiger partial charge in [-0.2, -0.15) is 0 Å². The topological polar surface area (TPSA) is 153 Å². The van der Waals surface area contributed by atoms with Crippen LogP contribution < -0.4 is 19.8 Å². The van der Waals surface area contributed by atoms with E-state index in [2.05, 4.69) is 50.9 Å². The predicted octanol–water partition coefficient (Wildman–Crippen LogP) is 9.24. The second kappa shape index (κ2) is 17.3. The molecule has 60 heavy (non-hydrogen) atoms. The van der Waals surface area contributed by atoms with Crippen LogP contribution in [0.25, 0.3) is 16.5 Å². The van der Waals surface area contributed by atoms with Crippen LogP contribution in [0.2, 0.25) is 5.02 Å². The van der Waals surface area contributed by atoms with Gasteiger partial charge in [0, 0.05) is 85.8 Å². The predicted molar refractivity (Wildman–Crippen MR) is 236 cm³/mol. The van der Waals surface area contributed by atoms with E-state index in [0.717, 1.165) is 112 Å². The number of piperidine rings is 1. The molecule has 0 spiro atoms. The fourth-order valence-corrected chi connectivity index (χ4v) is 9.55. The number of carbonyl (C=O) groups is 1. The van der Waals surface area contributed by atoms with Crippen LogP contribution >= 0.6 is 11.6 Å². The average Bonchev–Trinajstić information content (AvgIpc) is 3.70. The summed E-state index contributed by atoms with van der Waals surface area (Å²) in [5.74, 6) is -0.288. The van der Waals surface area contributed by atoms with Gasteiger partial charge in [-0.25, -0.2) is 18.1 Å². The number of anilines is 2. The van der Waals surface area contributed by atoms with Crippen molar-refractivity contribution < 1.29 is 22.9 Å². The molecular weight excluding hydrogens is 802 g/mol. The first kappa shape index (κ1) is 41.3. The molecule has 5 aromatic rings. The van der Waals surface area contributed by atoms with Gasteiger partial charge in [0.15, 0.2) is 0 Å². The van der Waals surface area contributed by atoms with Crippen molar-refractivity contribution in [1.29, 1.82) is 0 Å². The zero-order chi connectivity index (χ0) is 42.0. The summed E-state index contributed by atoms with van der Waals surface area (Å²) in [4.78, 5) is 32.8. The van der Waals surface area contributed by atoms with Crippen molar-refractivity contribution in [3.8, 4) is 11.5 Å². The van der Waals surface area contributed by atoms with Crippen LogP contribution in [-0.2, 0) is 10.0 Å². The van der Waals surface area contributed by atoms with Crippen molar-refractivity contribution in [2.45, 2.75) is 57.3 Å². The molecule has 1 aliphatic carbocycles. The zero-order valence-electron chi connectivity index (χ0n) is 33.9. The second-order valence-corrected chi connectivity index (χ2v) is 18.9. The minimum Gasteiger partial charge on any atom is -0.456 e. The highest BCUT2D eigenvalue weighted by atomic mass is 35.5. The second-order valence-electron chi connectivity index (χ2n) is 16.7. The summed E-state index contributed by atoms with van der Waals surface area (Å²) in [6.45, 7) is 10.2. The van der Waals surface area contributed by atoms with Crippen LogP contribution in [0.1, 0.15) is 68.3 Å². The summed E-state index contributed by atoms with van der Waals surface area (Å²) >= 11 is 6.24. The monoisotopic (exact) mass is 851 g/mol. The Labute approximate surface area is 355 Å². The molecule has 0 radical (unpaired) electrons. The standard InChI is InChI=1S/C45H50ClN7O6S/c1-45(2)18-16-33(39(29-45)31-6-8-34(46)9-7-31)30-50-22-24-51(25-23-50)35-10-13-38(43(27-35)59-36-11-14-40-32(26-36)17-19-47-40)44(54)49-60(57,58)37-12-15-41(42(28-37)53(55)56)48-52-20-4-3-5-21-52/h6-15,17,19,26-28,47-48H,3-5,16,18,20-25,29-30H2,1-2H3,(H,49,54). The number of nitro groups is 1. The molecule has 2 aliphatic heterocycles. The Balaban J connectivity index is 1.01. The first-order valence-electron chi connectivity index (χ1n) is 20.5. The van der Waals surface area contributed by atoms with Gasteiger partial charge in [0.2, 0.25) is 0 Å². The van der Waals surface area contributed by atoms with Crippen molar-refractivity contribution in [2.24, 2.45) is 5.41 Å². The smallest absolute Gasteiger partial charge is 0.295 e. The van der Waals surface area contributed by atoms with Gasteiger partial charge in [0.05, 0.1) is 15.4 Å². The number of H-pyrrole nitrogens is 1. The summed E-state index contributed by atoms with van der Waals surface area (Å²) in [6.07, 6.45) is 8.02. The van der Waals surface area contributed by atoms with Crippen molar-refractivity contribution in [2.75, 3.05) is 56.1 Å². The van der Waals surface area contributed by atoms with Gasteiger partial charge in [-0.1, -0.05) is 49.6 Å². The lowest BCUT2D eigenvalue weighted by Gasteiger charge is -2.39. The molecule has 2 saturated heterocycles. The molecule has 8 rings (SSSR count). The quantitative estimate of drug-likeness (QED) is 0.0818. The van der Waals surface area contributed by atoms with Gasteiger partial charge in [0.1, 0.15) is 17.2 Å². The highest BCUT2D eigenvalue weighted by molar-refractivity contribution is 7.90. The van der Waals surface area contributed by atoms with Crippen LogP contribution in [0.4, 0.5) is 17.1 Å². The number of hydrogen-bond acceptors (Lipinski definition) is 10. The Kier molecular flexibility index (Phi) is 11.9. The van der Waals surface area contributed by atoms with Crippen molar-refractivity contribution in [3.63, 3.8) is 0 Å². The molecule has 3 heterocycles. The van der Waals surface area contributed by atoms with Gasteiger partial charge in [-0.3, -0.25) is 19.8 Å². The van der Waals surface area contributed by atoms with Gasteiger partial charge < -0.3 is 20.0 Å². The van der Waals surface area contributed by atoms with E-state index in [0.29, 0.717) is 5.75 Å². The number of ether oxygens (including phenoxy) is 1. The van der Waals surface area contributed by atoms with E-state index in [9.17, 15) is 23.3 Å². The minimum absolute atomic E-state index is 0.00472. The number of amides is 1. The average molecular weight is 852 g/mol. The molecule has 0 unspecified atom stereocenters. The number of nitrogens with zero attached hydrogens (tertiary/aromatic N) is 4. The molecule has 314 valence electrons. The Hall–Kier alpha value is -5.41. The molecule has 0 bridgehead atoms. The number of rotatable bonds is 12. The van der Waals surface area contributed by atoms with Gasteiger partial charge >= 0.3 is 0 Å². The highest BCUT2D eigenvalue weighted by Gasteiger charge is 2.31. The number of piperazine rings is 1. The minimum atomic E-state index is -4.53. The Morgan fingerprint density at radius 2 is 1.68 bits per heavy atom. The van der Waals surface area contributed by atoms with E-state index in [4.69, 9.17) is 16.3 Å². The fourth-order valence-electron chi connectivity index (χ4n) is 8.44. The number of aromatic amines is 1. The molecular formula is C45H50ClN7O6S. The number of allylic oxidation sites excluding steroid dienone is 1. The molecule has 4 aromatic carbocycles. The van der Waals surface area contributed by atoms with Crippen LogP contribution in [0.5, 0.6) is 11.5 Å². The van der Waals surface area contributed by atoms with E-state index >= 15 is 0 Å². The molecule has 1 aromatic heterocycles. The third-order valence-corrected chi connectivity index (χ3v) is 13.4. The van der Waals surface area contributed by atoms with Gasteiger partial charge in [-0.05, 0) is 109 Å². The number of nitro benzene ring substituents is 1. The number of carbonyl (C=O) groups excluding carboxylic acids is 1. The van der Waals surface area contributed by atoms with Crippen LogP contribution in [0.3, 0.4) is 0 Å². The first-order chi connectivity index (χ1) is 28.8. The number of hydrazine groups is 1. The van der Waals surface area contributed by atoms with Crippen molar-refractivity contribution in [1.82, 2.24) is 19.6 Å². The Morgan fingerprint density at radius 1 is 0.917 bits per heavy atom. The summed E-state index contributed by atoms with van der Waals surface area (Å²) in [7, 11) is -4.53. The summed E-state index contributed by atoms with van der Waals surface area (Å²) < 4.78 is 35.8. The first-order valence-corrected chi connectivity index (χ1v) is 22.4. The van der Waals surface area contributed by atoms with E-state index in [1.807, 2.05) is 41.5 Å². The summed E-state index contributed by atoms with van der Waals surface area (Å²) in [5.41, 5.74) is 8.93. The number of aromatic nitrogens is 1. The van der Waals surface area contributed by atoms with Crippen LogP contribution in [-0.4, -0.2) is 80.0 Å². The maximum atomic E-state index is 13.9. The number of hydrogen-bond donors (Lipinski definition) is 3. The molecule has 2 fully saturated rings. The molecule has 3 N–H and O–H groups in total. The van der Waals surface area contributed by atoms with E-state index in [1.165, 1.54) is 28.8 Å². The van der Waals surface area contributed by atoms with E-state index in [-0.39, 0.29) is 22.4 Å². The molecule has 0 saturated carbocycles.